The van der Waals surface area contributed by atoms with Crippen LogP contribution in [0, 0.1) is 10.1 Å². The van der Waals surface area contributed by atoms with E-state index in [0.717, 1.165) is 12.1 Å². The van der Waals surface area contributed by atoms with E-state index in [1.54, 1.807) is 0 Å². The van der Waals surface area contributed by atoms with Crippen molar-refractivity contribution in [1.82, 2.24) is 0 Å². The lowest BCUT2D eigenvalue weighted by Gasteiger charge is -2.22. The van der Waals surface area contributed by atoms with Gasteiger partial charge in [0.2, 0.25) is 0 Å². The van der Waals surface area contributed by atoms with Crippen LogP contribution in [0.2, 0.25) is 0 Å². The normalized spacial score (nSPS) is 11.7. The number of carbonyl (C=O) groups is 1. The number of nitrogens with zero attached hydrogens (tertiary/aromatic N) is 2. The molecule has 0 spiro atoms. The van der Waals surface area contributed by atoms with Gasteiger partial charge in [0.1, 0.15) is 0 Å². The second-order valence-corrected chi connectivity index (χ2v) is 4.45. The molecule has 19 heavy (non-hydrogen) atoms. The van der Waals surface area contributed by atoms with Crippen LogP contribution in [0.1, 0.15) is 10.4 Å². The van der Waals surface area contributed by atoms with E-state index in [1.807, 2.05) is 0 Å². The number of esters is 1. The number of hydrogen-bond acceptors (Lipinski definition) is 7. The third-order valence-corrected chi connectivity index (χ3v) is 2.91. The van der Waals surface area contributed by atoms with E-state index in [1.165, 1.54) is 25.1 Å². The molecule has 0 N–H and O–H groups in total. The number of rotatable bonds is 5. The highest BCUT2D eigenvalue weighted by Crippen LogP contribution is 2.26. The van der Waals surface area contributed by atoms with Gasteiger partial charge in [0.25, 0.3) is 5.69 Å². The Morgan fingerprint density at radius 1 is 1.53 bits per heavy atom. The molecule has 0 aliphatic carbocycles. The molecule has 0 heterocycles. The van der Waals surface area contributed by atoms with Gasteiger partial charge in [-0.3, -0.25) is 14.3 Å². The van der Waals surface area contributed by atoms with Gasteiger partial charge in [-0.2, -0.15) is 0 Å². The SMILES string of the molecule is COC(=O)c1ccc([N+](=O)[O-])cc1N(C)CS(=O)[O-]. The molecule has 9 heteroatoms. The van der Waals surface area contributed by atoms with Crippen LogP contribution >= 0.6 is 0 Å². The topological polar surface area (TPSA) is 113 Å². The molecule has 8 nitrogen and oxygen atoms in total. The molecule has 0 radical (unpaired) electrons. The molecule has 1 aromatic rings. The lowest BCUT2D eigenvalue weighted by atomic mass is 10.1. The van der Waals surface area contributed by atoms with Gasteiger partial charge in [-0.1, -0.05) is 0 Å². The predicted octanol–water partition coefficient (Wildman–Crippen LogP) is 0.654. The highest BCUT2D eigenvalue weighted by atomic mass is 32.2. The van der Waals surface area contributed by atoms with Gasteiger partial charge in [0, 0.05) is 19.2 Å². The molecule has 0 amide bonds. The second-order valence-electron chi connectivity index (χ2n) is 3.58. The number of anilines is 1. The quantitative estimate of drug-likeness (QED) is 0.338. The van der Waals surface area contributed by atoms with Crippen molar-refractivity contribution in [3.63, 3.8) is 0 Å². The highest BCUT2D eigenvalue weighted by Gasteiger charge is 2.19. The van der Waals surface area contributed by atoms with Crippen LogP contribution in [0.3, 0.4) is 0 Å². The molecule has 1 unspecified atom stereocenters. The summed E-state index contributed by atoms with van der Waals surface area (Å²) in [5.74, 6) is -1.10. The van der Waals surface area contributed by atoms with Crippen molar-refractivity contribution in [3.05, 3.63) is 33.9 Å². The fourth-order valence-electron chi connectivity index (χ4n) is 1.46. The maximum atomic E-state index is 11.5. The number of ether oxygens (including phenoxy) is 1. The molecule has 0 bridgehead atoms. The molecule has 0 saturated heterocycles. The van der Waals surface area contributed by atoms with Crippen molar-refractivity contribution in [2.24, 2.45) is 0 Å². The van der Waals surface area contributed by atoms with Gasteiger partial charge in [-0.25, -0.2) is 4.79 Å². The molecule has 104 valence electrons. The van der Waals surface area contributed by atoms with E-state index >= 15 is 0 Å². The fourth-order valence-corrected chi connectivity index (χ4v) is 1.91. The van der Waals surface area contributed by atoms with E-state index in [9.17, 15) is 23.7 Å². The Bertz CT molecular complexity index is 533. The van der Waals surface area contributed by atoms with Crippen molar-refractivity contribution in [3.8, 4) is 0 Å². The van der Waals surface area contributed by atoms with Crippen LogP contribution in [0.15, 0.2) is 18.2 Å². The Morgan fingerprint density at radius 3 is 2.63 bits per heavy atom. The number of hydrogen-bond donors (Lipinski definition) is 0. The van der Waals surface area contributed by atoms with Crippen LogP contribution in [-0.2, 0) is 15.8 Å². The zero-order valence-electron chi connectivity index (χ0n) is 10.2. The molecular weight excluding hydrogens is 276 g/mol. The van der Waals surface area contributed by atoms with Gasteiger partial charge in [0.05, 0.1) is 29.2 Å². The molecular formula is C10H11N2O6S-. The van der Waals surface area contributed by atoms with Crippen molar-refractivity contribution in [2.45, 2.75) is 0 Å². The molecule has 0 aliphatic rings. The van der Waals surface area contributed by atoms with Gasteiger partial charge in [0.15, 0.2) is 0 Å². The first-order valence-corrected chi connectivity index (χ1v) is 6.25. The lowest BCUT2D eigenvalue weighted by molar-refractivity contribution is -0.384. The van der Waals surface area contributed by atoms with E-state index in [0.29, 0.717) is 0 Å². The Labute approximate surface area is 111 Å². The lowest BCUT2D eigenvalue weighted by Crippen LogP contribution is -2.24. The minimum Gasteiger partial charge on any atom is -0.771 e. The summed E-state index contributed by atoms with van der Waals surface area (Å²) in [4.78, 5) is 22.8. The summed E-state index contributed by atoms with van der Waals surface area (Å²) in [5, 5.41) is 10.7. The number of non-ortho nitro benzene ring substituents is 1. The van der Waals surface area contributed by atoms with Gasteiger partial charge in [-0.05, 0) is 17.1 Å². The molecule has 0 aliphatic heterocycles. The van der Waals surface area contributed by atoms with E-state index < -0.39 is 27.8 Å². The van der Waals surface area contributed by atoms with Crippen molar-refractivity contribution in [1.29, 1.82) is 0 Å². The Kier molecular flexibility index (Phi) is 4.95. The first kappa shape index (κ1) is 15.1. The smallest absolute Gasteiger partial charge is 0.339 e. The molecule has 1 rings (SSSR count). The molecule has 0 saturated carbocycles. The first-order valence-electron chi connectivity index (χ1n) is 5.00. The summed E-state index contributed by atoms with van der Waals surface area (Å²) >= 11 is -2.38. The molecule has 0 fully saturated rings. The minimum absolute atomic E-state index is 0.0565. The second kappa shape index (κ2) is 6.25. The van der Waals surface area contributed by atoms with Crippen molar-refractivity contribution >= 4 is 28.4 Å². The Hall–Kier alpha value is -2.00. The van der Waals surface area contributed by atoms with Crippen molar-refractivity contribution in [2.75, 3.05) is 24.9 Å². The summed E-state index contributed by atoms with van der Waals surface area (Å²) in [6, 6.07) is 3.50. The molecule has 1 aromatic carbocycles. The average Bonchev–Trinajstić information content (AvgIpc) is 2.36. The van der Waals surface area contributed by atoms with Gasteiger partial charge >= 0.3 is 5.97 Å². The van der Waals surface area contributed by atoms with Crippen LogP contribution in [0.4, 0.5) is 11.4 Å². The average molecular weight is 287 g/mol. The summed E-state index contributed by atoms with van der Waals surface area (Å²) in [6.07, 6.45) is 0. The predicted molar refractivity (Wildman–Crippen MR) is 66.6 cm³/mol. The Balaban J connectivity index is 3.28. The van der Waals surface area contributed by atoms with Crippen LogP contribution in [0.5, 0.6) is 0 Å². The molecule has 1 atom stereocenters. The summed E-state index contributed by atoms with van der Waals surface area (Å²) in [6.45, 7) is 0. The number of methoxy groups -OCH3 is 1. The van der Waals surface area contributed by atoms with Crippen LogP contribution in [0.25, 0.3) is 0 Å². The summed E-state index contributed by atoms with van der Waals surface area (Å²) < 4.78 is 25.9. The van der Waals surface area contributed by atoms with Crippen LogP contribution in [-0.4, -0.2) is 39.7 Å². The largest absolute Gasteiger partial charge is 0.771 e. The van der Waals surface area contributed by atoms with E-state index in [-0.39, 0.29) is 16.9 Å². The summed E-state index contributed by atoms with van der Waals surface area (Å²) in [5.41, 5.74) is -0.0718. The van der Waals surface area contributed by atoms with Gasteiger partial charge in [-0.15, -0.1) is 0 Å². The third-order valence-electron chi connectivity index (χ3n) is 2.31. The standard InChI is InChI=1S/C10H12N2O6S/c1-11(6-19(16)17)9-5-7(12(14)15)3-4-8(9)10(13)18-2/h3-5H,6H2,1-2H3,(H,16,17)/p-1. The number of nitro groups is 1. The number of nitro benzene ring substituents is 1. The third kappa shape index (κ3) is 3.73. The Morgan fingerprint density at radius 2 is 2.16 bits per heavy atom. The van der Waals surface area contributed by atoms with Crippen molar-refractivity contribution < 1.29 is 23.2 Å². The minimum atomic E-state index is -2.38. The monoisotopic (exact) mass is 287 g/mol. The highest BCUT2D eigenvalue weighted by molar-refractivity contribution is 7.79. The maximum Gasteiger partial charge on any atom is 0.339 e. The summed E-state index contributed by atoms with van der Waals surface area (Å²) in [7, 11) is 2.57. The van der Waals surface area contributed by atoms with E-state index in [2.05, 4.69) is 4.74 Å². The fraction of sp³-hybridized carbons (Fsp3) is 0.300. The molecule has 0 aromatic heterocycles. The number of benzene rings is 1. The van der Waals surface area contributed by atoms with Crippen LogP contribution < -0.4 is 4.90 Å². The number of carbonyl (C=O) groups excluding carboxylic acids is 1. The van der Waals surface area contributed by atoms with Gasteiger partial charge < -0.3 is 14.2 Å². The zero-order chi connectivity index (χ0) is 14.6. The maximum absolute atomic E-state index is 11.5. The zero-order valence-corrected chi connectivity index (χ0v) is 11.0. The van der Waals surface area contributed by atoms with E-state index in [4.69, 9.17) is 0 Å². The first-order chi connectivity index (χ1) is 8.86.